The predicted molar refractivity (Wildman–Crippen MR) is 113 cm³/mol. The molecule has 0 aliphatic carbocycles. The largest absolute Gasteiger partial charge is 0.467 e. The van der Waals surface area contributed by atoms with Crippen molar-refractivity contribution in [1.29, 1.82) is 5.26 Å². The summed E-state index contributed by atoms with van der Waals surface area (Å²) in [4.78, 5) is 14.7. The van der Waals surface area contributed by atoms with Crippen molar-refractivity contribution >= 4 is 22.9 Å². The SMILES string of the molecule is N#CCCn1cc(/C=C/C(=O)N(Cc2ccco2)Cc2ccco2)c2ccccc21. The van der Waals surface area contributed by atoms with Gasteiger partial charge >= 0.3 is 0 Å². The van der Waals surface area contributed by atoms with E-state index in [1.54, 1.807) is 35.6 Å². The highest BCUT2D eigenvalue weighted by molar-refractivity contribution is 5.96. The molecule has 3 aromatic heterocycles. The normalized spacial score (nSPS) is 11.2. The number of hydrogen-bond donors (Lipinski definition) is 0. The number of para-hydroxylation sites is 1. The summed E-state index contributed by atoms with van der Waals surface area (Å²) < 4.78 is 12.9. The summed E-state index contributed by atoms with van der Waals surface area (Å²) in [6.07, 6.45) is 9.00. The monoisotopic (exact) mass is 399 g/mol. The van der Waals surface area contributed by atoms with Crippen LogP contribution in [0.15, 0.2) is 82.2 Å². The molecule has 3 heterocycles. The van der Waals surface area contributed by atoms with E-state index in [-0.39, 0.29) is 5.91 Å². The van der Waals surface area contributed by atoms with Gasteiger partial charge in [0.25, 0.3) is 0 Å². The fraction of sp³-hybridized carbons (Fsp3) is 0.167. The highest BCUT2D eigenvalue weighted by Gasteiger charge is 2.15. The number of nitrogens with zero attached hydrogens (tertiary/aromatic N) is 3. The molecule has 4 aromatic rings. The molecule has 0 aliphatic rings. The zero-order valence-corrected chi connectivity index (χ0v) is 16.4. The van der Waals surface area contributed by atoms with E-state index in [4.69, 9.17) is 14.1 Å². The second-order valence-electron chi connectivity index (χ2n) is 6.89. The fourth-order valence-corrected chi connectivity index (χ4v) is 3.42. The van der Waals surface area contributed by atoms with Gasteiger partial charge in [-0.1, -0.05) is 18.2 Å². The van der Waals surface area contributed by atoms with Crippen molar-refractivity contribution in [2.24, 2.45) is 0 Å². The number of hydrogen-bond acceptors (Lipinski definition) is 4. The van der Waals surface area contributed by atoms with E-state index in [9.17, 15) is 4.79 Å². The number of amides is 1. The number of rotatable bonds is 8. The lowest BCUT2D eigenvalue weighted by Gasteiger charge is -2.18. The molecule has 0 N–H and O–H groups in total. The Hall–Kier alpha value is -3.98. The molecule has 0 saturated carbocycles. The Kier molecular flexibility index (Phi) is 5.81. The van der Waals surface area contributed by atoms with Crippen LogP contribution in [0.25, 0.3) is 17.0 Å². The van der Waals surface area contributed by atoms with Gasteiger partial charge in [-0.05, 0) is 36.4 Å². The third-order valence-corrected chi connectivity index (χ3v) is 4.85. The summed E-state index contributed by atoms with van der Waals surface area (Å²) in [5.41, 5.74) is 1.98. The molecule has 0 aliphatic heterocycles. The van der Waals surface area contributed by atoms with Crippen molar-refractivity contribution in [3.05, 3.63) is 90.4 Å². The van der Waals surface area contributed by atoms with Gasteiger partial charge in [0, 0.05) is 35.3 Å². The number of aromatic nitrogens is 1. The Morgan fingerprint density at radius 2 is 1.73 bits per heavy atom. The Morgan fingerprint density at radius 1 is 1.03 bits per heavy atom. The van der Waals surface area contributed by atoms with Gasteiger partial charge in [-0.25, -0.2) is 0 Å². The van der Waals surface area contributed by atoms with Gasteiger partial charge in [-0.15, -0.1) is 0 Å². The molecule has 4 rings (SSSR count). The van der Waals surface area contributed by atoms with Crippen LogP contribution in [0.2, 0.25) is 0 Å². The number of aryl methyl sites for hydroxylation is 1. The second-order valence-corrected chi connectivity index (χ2v) is 6.89. The number of furan rings is 2. The number of nitriles is 1. The van der Waals surface area contributed by atoms with Crippen LogP contribution < -0.4 is 0 Å². The molecule has 150 valence electrons. The van der Waals surface area contributed by atoms with E-state index in [0.717, 1.165) is 16.5 Å². The zero-order valence-electron chi connectivity index (χ0n) is 16.4. The van der Waals surface area contributed by atoms with Crippen molar-refractivity contribution in [2.75, 3.05) is 0 Å². The first-order chi connectivity index (χ1) is 14.7. The van der Waals surface area contributed by atoms with E-state index in [0.29, 0.717) is 37.6 Å². The minimum atomic E-state index is -0.142. The molecule has 6 heteroatoms. The number of carbonyl (C=O) groups excluding carboxylic acids is 1. The summed E-state index contributed by atoms with van der Waals surface area (Å²) in [5, 5.41) is 9.96. The van der Waals surface area contributed by atoms with E-state index < -0.39 is 0 Å². The van der Waals surface area contributed by atoms with Gasteiger partial charge in [0.15, 0.2) is 0 Å². The third kappa shape index (κ3) is 4.36. The lowest BCUT2D eigenvalue weighted by atomic mass is 10.1. The quantitative estimate of drug-likeness (QED) is 0.392. The molecule has 0 spiro atoms. The van der Waals surface area contributed by atoms with E-state index >= 15 is 0 Å². The van der Waals surface area contributed by atoms with Crippen LogP contribution in [0.5, 0.6) is 0 Å². The van der Waals surface area contributed by atoms with Crippen LogP contribution in [0.4, 0.5) is 0 Å². The molecule has 0 bridgehead atoms. The van der Waals surface area contributed by atoms with Crippen molar-refractivity contribution in [3.8, 4) is 6.07 Å². The third-order valence-electron chi connectivity index (χ3n) is 4.85. The van der Waals surface area contributed by atoms with Gasteiger partial charge in [0.05, 0.1) is 38.1 Å². The predicted octanol–water partition coefficient (Wildman–Crippen LogP) is 4.98. The lowest BCUT2D eigenvalue weighted by Crippen LogP contribution is -2.28. The molecule has 0 radical (unpaired) electrons. The van der Waals surface area contributed by atoms with Crippen LogP contribution in [0.3, 0.4) is 0 Å². The average Bonchev–Trinajstić information content (AvgIpc) is 3.52. The summed E-state index contributed by atoms with van der Waals surface area (Å²) >= 11 is 0. The molecule has 30 heavy (non-hydrogen) atoms. The minimum Gasteiger partial charge on any atom is -0.467 e. The molecule has 0 fully saturated rings. The summed E-state index contributed by atoms with van der Waals surface area (Å²) in [5.74, 6) is 1.27. The summed E-state index contributed by atoms with van der Waals surface area (Å²) in [6.45, 7) is 1.31. The number of benzene rings is 1. The van der Waals surface area contributed by atoms with E-state index in [1.165, 1.54) is 0 Å². The molecular weight excluding hydrogens is 378 g/mol. The van der Waals surface area contributed by atoms with Crippen molar-refractivity contribution in [3.63, 3.8) is 0 Å². The number of fused-ring (bicyclic) bond motifs is 1. The van der Waals surface area contributed by atoms with Crippen molar-refractivity contribution in [2.45, 2.75) is 26.1 Å². The van der Waals surface area contributed by atoms with Crippen LogP contribution in [-0.4, -0.2) is 15.4 Å². The van der Waals surface area contributed by atoms with Gasteiger partial charge in [0.1, 0.15) is 11.5 Å². The maximum Gasteiger partial charge on any atom is 0.247 e. The van der Waals surface area contributed by atoms with Gasteiger partial charge in [-0.2, -0.15) is 5.26 Å². The Labute approximate surface area is 174 Å². The lowest BCUT2D eigenvalue weighted by molar-refractivity contribution is -0.127. The van der Waals surface area contributed by atoms with Crippen molar-refractivity contribution < 1.29 is 13.6 Å². The molecule has 1 amide bonds. The van der Waals surface area contributed by atoms with Crippen molar-refractivity contribution in [1.82, 2.24) is 9.47 Å². The van der Waals surface area contributed by atoms with Crippen LogP contribution in [0, 0.1) is 11.3 Å². The Balaban J connectivity index is 1.58. The van der Waals surface area contributed by atoms with E-state index in [2.05, 4.69) is 6.07 Å². The molecule has 1 aromatic carbocycles. The first-order valence-electron chi connectivity index (χ1n) is 9.71. The van der Waals surface area contributed by atoms with Gasteiger partial charge in [-0.3, -0.25) is 4.79 Å². The fourth-order valence-electron chi connectivity index (χ4n) is 3.42. The zero-order chi connectivity index (χ0) is 20.8. The topological polar surface area (TPSA) is 75.3 Å². The standard InChI is InChI=1S/C24H21N3O3/c25-12-5-13-26-16-19(22-8-1-2-9-23(22)26)10-11-24(28)27(17-20-6-3-14-29-20)18-21-7-4-15-30-21/h1-4,6-11,14-16H,5,13,17-18H2/b11-10+. The maximum absolute atomic E-state index is 13.0. The van der Waals surface area contributed by atoms with Crippen LogP contribution in [0.1, 0.15) is 23.5 Å². The summed E-state index contributed by atoms with van der Waals surface area (Å²) in [6, 6.07) is 17.4. The highest BCUT2D eigenvalue weighted by Crippen LogP contribution is 2.23. The average molecular weight is 399 g/mol. The molecule has 0 saturated heterocycles. The first-order valence-corrected chi connectivity index (χ1v) is 9.71. The van der Waals surface area contributed by atoms with E-state index in [1.807, 2.05) is 53.2 Å². The highest BCUT2D eigenvalue weighted by atomic mass is 16.3. The molecular formula is C24H21N3O3. The first kappa shape index (κ1) is 19.3. The van der Waals surface area contributed by atoms with Crippen LogP contribution >= 0.6 is 0 Å². The smallest absolute Gasteiger partial charge is 0.247 e. The minimum absolute atomic E-state index is 0.142. The number of carbonyl (C=O) groups is 1. The molecule has 0 unspecified atom stereocenters. The van der Waals surface area contributed by atoms with Gasteiger partial charge in [0.2, 0.25) is 5.91 Å². The summed E-state index contributed by atoms with van der Waals surface area (Å²) in [7, 11) is 0. The molecule has 0 atom stereocenters. The van der Waals surface area contributed by atoms with Crippen LogP contribution in [-0.2, 0) is 24.4 Å². The maximum atomic E-state index is 13.0. The Morgan fingerprint density at radius 3 is 2.37 bits per heavy atom. The molecule has 6 nitrogen and oxygen atoms in total. The van der Waals surface area contributed by atoms with Gasteiger partial charge < -0.3 is 18.3 Å². The second kappa shape index (κ2) is 9.01. The Bertz CT molecular complexity index is 1140.